The molecule has 0 saturated heterocycles. The standard InChI is InChI=1S/C15H17NO4S2/c1-3-16(22(17,18)15-7-4-11(2)21-15)9-12-5-6-13-14(8-12)20-10-19-13/h4-8H,3,9-10H2,1-2H3. The van der Waals surface area contributed by atoms with Gasteiger partial charge in [0.2, 0.25) is 6.79 Å². The van der Waals surface area contributed by atoms with Gasteiger partial charge in [0, 0.05) is 18.0 Å². The zero-order valence-corrected chi connectivity index (χ0v) is 14.0. The summed E-state index contributed by atoms with van der Waals surface area (Å²) in [5.74, 6) is 1.36. The fourth-order valence-corrected chi connectivity index (χ4v) is 5.16. The van der Waals surface area contributed by atoms with E-state index in [-0.39, 0.29) is 6.79 Å². The van der Waals surface area contributed by atoms with Crippen molar-refractivity contribution in [2.75, 3.05) is 13.3 Å². The molecule has 22 heavy (non-hydrogen) atoms. The average Bonchev–Trinajstić information content (AvgIpc) is 3.12. The Hall–Kier alpha value is -1.57. The number of benzene rings is 1. The first-order valence-electron chi connectivity index (χ1n) is 6.96. The minimum atomic E-state index is -3.46. The van der Waals surface area contributed by atoms with E-state index in [9.17, 15) is 8.42 Å². The number of nitrogens with zero attached hydrogens (tertiary/aromatic N) is 1. The molecule has 2 heterocycles. The van der Waals surface area contributed by atoms with Crippen molar-refractivity contribution in [3.05, 3.63) is 40.8 Å². The largest absolute Gasteiger partial charge is 0.454 e. The second kappa shape index (κ2) is 5.91. The molecule has 0 fully saturated rings. The lowest BCUT2D eigenvalue weighted by molar-refractivity contribution is 0.174. The van der Waals surface area contributed by atoms with Crippen LogP contribution in [0.25, 0.3) is 0 Å². The van der Waals surface area contributed by atoms with Gasteiger partial charge in [0.25, 0.3) is 10.0 Å². The van der Waals surface area contributed by atoms with Crippen LogP contribution in [0.5, 0.6) is 11.5 Å². The molecule has 3 rings (SSSR count). The lowest BCUT2D eigenvalue weighted by Gasteiger charge is -2.19. The third-order valence-corrected chi connectivity index (χ3v) is 6.85. The second-order valence-electron chi connectivity index (χ2n) is 4.98. The first-order chi connectivity index (χ1) is 10.5. The number of fused-ring (bicyclic) bond motifs is 1. The molecule has 0 bridgehead atoms. The van der Waals surface area contributed by atoms with E-state index in [4.69, 9.17) is 9.47 Å². The van der Waals surface area contributed by atoms with Crippen molar-refractivity contribution in [2.24, 2.45) is 0 Å². The second-order valence-corrected chi connectivity index (χ2v) is 8.44. The quantitative estimate of drug-likeness (QED) is 0.840. The van der Waals surface area contributed by atoms with Gasteiger partial charge >= 0.3 is 0 Å². The zero-order valence-electron chi connectivity index (χ0n) is 12.4. The van der Waals surface area contributed by atoms with Gasteiger partial charge in [-0.1, -0.05) is 13.0 Å². The Labute approximate surface area is 134 Å². The van der Waals surface area contributed by atoms with Crippen LogP contribution in [-0.2, 0) is 16.6 Å². The van der Waals surface area contributed by atoms with Crippen molar-refractivity contribution in [3.63, 3.8) is 0 Å². The summed E-state index contributed by atoms with van der Waals surface area (Å²) in [6, 6.07) is 9.00. The smallest absolute Gasteiger partial charge is 0.252 e. The highest BCUT2D eigenvalue weighted by Crippen LogP contribution is 2.33. The van der Waals surface area contributed by atoms with Crippen LogP contribution in [0.2, 0.25) is 0 Å². The minimum absolute atomic E-state index is 0.211. The first kappa shape index (κ1) is 15.3. The SMILES string of the molecule is CCN(Cc1ccc2c(c1)OCO2)S(=O)(=O)c1ccc(C)s1. The van der Waals surface area contributed by atoms with Crippen molar-refractivity contribution >= 4 is 21.4 Å². The van der Waals surface area contributed by atoms with E-state index in [1.807, 2.05) is 38.1 Å². The molecule has 1 aromatic heterocycles. The molecule has 118 valence electrons. The molecule has 0 atom stereocenters. The van der Waals surface area contributed by atoms with Gasteiger partial charge in [0.15, 0.2) is 11.5 Å². The summed E-state index contributed by atoms with van der Waals surface area (Å²) in [6.07, 6.45) is 0. The van der Waals surface area contributed by atoms with Crippen LogP contribution < -0.4 is 9.47 Å². The Morgan fingerprint density at radius 1 is 1.18 bits per heavy atom. The molecule has 0 radical (unpaired) electrons. The van der Waals surface area contributed by atoms with Crippen LogP contribution in [0.1, 0.15) is 17.4 Å². The average molecular weight is 339 g/mol. The molecule has 0 spiro atoms. The van der Waals surface area contributed by atoms with Crippen LogP contribution >= 0.6 is 11.3 Å². The summed E-state index contributed by atoms with van der Waals surface area (Å²) >= 11 is 1.29. The van der Waals surface area contributed by atoms with Gasteiger partial charge in [0.05, 0.1) is 0 Å². The maximum absolute atomic E-state index is 12.7. The number of aryl methyl sites for hydroxylation is 1. The summed E-state index contributed by atoms with van der Waals surface area (Å²) in [5, 5.41) is 0. The van der Waals surface area contributed by atoms with Gasteiger partial charge in [0.1, 0.15) is 4.21 Å². The number of rotatable bonds is 5. The van der Waals surface area contributed by atoms with E-state index in [1.165, 1.54) is 15.6 Å². The maximum atomic E-state index is 12.7. The molecule has 0 N–H and O–H groups in total. The topological polar surface area (TPSA) is 55.8 Å². The van der Waals surface area contributed by atoms with Gasteiger partial charge in [-0.25, -0.2) is 8.42 Å². The molecular formula is C15H17NO4S2. The highest BCUT2D eigenvalue weighted by Gasteiger charge is 2.25. The summed E-state index contributed by atoms with van der Waals surface area (Å²) in [7, 11) is -3.46. The lowest BCUT2D eigenvalue weighted by atomic mass is 10.2. The van der Waals surface area contributed by atoms with E-state index in [2.05, 4.69) is 0 Å². The molecule has 1 aliphatic rings. The van der Waals surface area contributed by atoms with Crippen molar-refractivity contribution in [2.45, 2.75) is 24.6 Å². The molecule has 2 aromatic rings. The summed E-state index contributed by atoms with van der Waals surface area (Å²) < 4.78 is 37.9. The van der Waals surface area contributed by atoms with Gasteiger partial charge in [-0.2, -0.15) is 4.31 Å². The van der Waals surface area contributed by atoms with Crippen LogP contribution in [0.3, 0.4) is 0 Å². The highest BCUT2D eigenvalue weighted by atomic mass is 32.2. The van der Waals surface area contributed by atoms with E-state index < -0.39 is 10.0 Å². The van der Waals surface area contributed by atoms with Crippen LogP contribution in [0.15, 0.2) is 34.5 Å². The van der Waals surface area contributed by atoms with Crippen molar-refractivity contribution in [1.82, 2.24) is 4.31 Å². The Bertz CT molecular complexity index is 783. The molecule has 1 aliphatic heterocycles. The molecule has 0 unspecified atom stereocenters. The fraction of sp³-hybridized carbons (Fsp3) is 0.333. The van der Waals surface area contributed by atoms with Crippen LogP contribution in [0, 0.1) is 6.92 Å². The zero-order chi connectivity index (χ0) is 15.7. The Balaban J connectivity index is 1.85. The molecule has 7 heteroatoms. The van der Waals surface area contributed by atoms with Gasteiger partial charge in [-0.05, 0) is 36.8 Å². The summed E-state index contributed by atoms with van der Waals surface area (Å²) in [6.45, 7) is 4.67. The first-order valence-corrected chi connectivity index (χ1v) is 9.21. The predicted octanol–water partition coefficient (Wildman–Crippen LogP) is 3.00. The van der Waals surface area contributed by atoms with E-state index in [0.29, 0.717) is 28.8 Å². The van der Waals surface area contributed by atoms with Crippen LogP contribution in [-0.4, -0.2) is 26.1 Å². The Morgan fingerprint density at radius 2 is 1.95 bits per heavy atom. The molecule has 1 aromatic carbocycles. The van der Waals surface area contributed by atoms with Gasteiger partial charge in [-0.15, -0.1) is 11.3 Å². The number of ether oxygens (including phenoxy) is 2. The highest BCUT2D eigenvalue weighted by molar-refractivity contribution is 7.91. The monoisotopic (exact) mass is 339 g/mol. The van der Waals surface area contributed by atoms with Crippen molar-refractivity contribution in [1.29, 1.82) is 0 Å². The lowest BCUT2D eigenvalue weighted by Crippen LogP contribution is -2.29. The normalized spacial score (nSPS) is 13.8. The number of sulfonamides is 1. The molecular weight excluding hydrogens is 322 g/mol. The predicted molar refractivity (Wildman–Crippen MR) is 84.9 cm³/mol. The number of hydrogen-bond acceptors (Lipinski definition) is 5. The third kappa shape index (κ3) is 2.84. The summed E-state index contributed by atoms with van der Waals surface area (Å²) in [5.41, 5.74) is 0.878. The fourth-order valence-electron chi connectivity index (χ4n) is 2.29. The van der Waals surface area contributed by atoms with Gasteiger partial charge < -0.3 is 9.47 Å². The van der Waals surface area contributed by atoms with E-state index in [1.54, 1.807) is 6.07 Å². The van der Waals surface area contributed by atoms with Crippen molar-refractivity contribution in [3.8, 4) is 11.5 Å². The summed E-state index contributed by atoms with van der Waals surface area (Å²) in [4.78, 5) is 0.984. The van der Waals surface area contributed by atoms with E-state index >= 15 is 0 Å². The Kier molecular flexibility index (Phi) is 4.12. The molecule has 0 aliphatic carbocycles. The van der Waals surface area contributed by atoms with Crippen LogP contribution in [0.4, 0.5) is 0 Å². The molecule has 0 saturated carbocycles. The maximum Gasteiger partial charge on any atom is 0.252 e. The number of thiophene rings is 1. The van der Waals surface area contributed by atoms with E-state index in [0.717, 1.165) is 10.4 Å². The van der Waals surface area contributed by atoms with Crippen molar-refractivity contribution < 1.29 is 17.9 Å². The molecule has 5 nitrogen and oxygen atoms in total. The minimum Gasteiger partial charge on any atom is -0.454 e. The van der Waals surface area contributed by atoms with Gasteiger partial charge in [-0.3, -0.25) is 0 Å². The Morgan fingerprint density at radius 3 is 2.64 bits per heavy atom. The number of hydrogen-bond donors (Lipinski definition) is 0. The third-order valence-electron chi connectivity index (χ3n) is 3.46. The molecule has 0 amide bonds.